The number of hydrogen-bond donors (Lipinski definition) is 0. The molecule has 4 atom stereocenters. The summed E-state index contributed by atoms with van der Waals surface area (Å²) in [6.07, 6.45) is 9.23. The van der Waals surface area contributed by atoms with E-state index < -0.39 is 0 Å². The van der Waals surface area contributed by atoms with E-state index in [4.69, 9.17) is 9.47 Å². The fraction of sp³-hybridized carbons (Fsp3) is 0.941. The van der Waals surface area contributed by atoms with Crippen molar-refractivity contribution in [2.45, 2.75) is 64.6 Å². The summed E-state index contributed by atoms with van der Waals surface area (Å²) in [5, 5.41) is 0. The summed E-state index contributed by atoms with van der Waals surface area (Å²) in [6.45, 7) is 3.91. The van der Waals surface area contributed by atoms with Crippen LogP contribution < -0.4 is 0 Å². The van der Waals surface area contributed by atoms with Crippen LogP contribution >= 0.6 is 0 Å². The van der Waals surface area contributed by atoms with E-state index in [0.29, 0.717) is 17.6 Å². The molecule has 0 spiro atoms. The van der Waals surface area contributed by atoms with Gasteiger partial charge in [-0.15, -0.1) is 0 Å². The Labute approximate surface area is 122 Å². The zero-order valence-electron chi connectivity index (χ0n) is 12.7. The molecule has 3 rings (SSSR count). The van der Waals surface area contributed by atoms with Crippen molar-refractivity contribution in [3.8, 4) is 0 Å². The number of carbonyl (C=O) groups is 1. The zero-order chi connectivity index (χ0) is 13.9. The monoisotopic (exact) mass is 280 g/mol. The molecule has 0 N–H and O–H groups in total. The van der Waals surface area contributed by atoms with Gasteiger partial charge in [0, 0.05) is 12.3 Å². The lowest BCUT2D eigenvalue weighted by Crippen LogP contribution is -2.29. The van der Waals surface area contributed by atoms with Gasteiger partial charge < -0.3 is 9.47 Å². The third kappa shape index (κ3) is 3.09. The molecule has 0 bridgehead atoms. The van der Waals surface area contributed by atoms with E-state index in [0.717, 1.165) is 50.7 Å². The molecular formula is C17H28O3. The number of fused-ring (bicyclic) bond motifs is 1. The molecule has 1 heterocycles. The number of hydrogen-bond acceptors (Lipinski definition) is 3. The summed E-state index contributed by atoms with van der Waals surface area (Å²) in [5.74, 6) is 3.21. The molecule has 3 aliphatic rings. The van der Waals surface area contributed by atoms with Crippen LogP contribution in [0.1, 0.15) is 58.3 Å². The average molecular weight is 280 g/mol. The van der Waals surface area contributed by atoms with Crippen molar-refractivity contribution >= 4 is 5.78 Å². The summed E-state index contributed by atoms with van der Waals surface area (Å²) >= 11 is 0. The van der Waals surface area contributed by atoms with Crippen molar-refractivity contribution in [3.05, 3.63) is 0 Å². The predicted octanol–water partition coefficient (Wildman–Crippen LogP) is 3.56. The Kier molecular flexibility index (Phi) is 4.77. The second-order valence-corrected chi connectivity index (χ2v) is 6.95. The summed E-state index contributed by atoms with van der Waals surface area (Å²) in [5.41, 5.74) is 0. The van der Waals surface area contributed by atoms with Gasteiger partial charge in [-0.2, -0.15) is 0 Å². The van der Waals surface area contributed by atoms with E-state index in [2.05, 4.69) is 6.92 Å². The average Bonchev–Trinajstić information content (AvgIpc) is 3.08. The Balaban J connectivity index is 1.44. The van der Waals surface area contributed by atoms with Crippen LogP contribution in [0.5, 0.6) is 0 Å². The predicted molar refractivity (Wildman–Crippen MR) is 77.3 cm³/mol. The lowest BCUT2D eigenvalue weighted by atomic mass is 9.73. The van der Waals surface area contributed by atoms with Crippen LogP contribution in [0.15, 0.2) is 0 Å². The zero-order valence-corrected chi connectivity index (χ0v) is 12.7. The number of Topliss-reactive ketones (excluding diaryl/α,β-unsaturated/α-hetero) is 1. The highest BCUT2D eigenvalue weighted by Gasteiger charge is 2.43. The standard InChI is InChI=1S/C17H28O3/c1-12(4-2-7-17-19-10-11-20-17)13-8-9-15-14(13)5-3-6-16(15)18/h12-15,17H,2-11H2,1H3/t12-,13-,14-,15+/m1/s1. The van der Waals surface area contributed by atoms with E-state index in [9.17, 15) is 4.79 Å². The maximum atomic E-state index is 12.0. The summed E-state index contributed by atoms with van der Waals surface area (Å²) in [4.78, 5) is 12.0. The molecule has 114 valence electrons. The number of ketones is 1. The van der Waals surface area contributed by atoms with Gasteiger partial charge in [0.25, 0.3) is 0 Å². The number of ether oxygens (including phenoxy) is 2. The van der Waals surface area contributed by atoms with Crippen LogP contribution in [-0.4, -0.2) is 25.3 Å². The first kappa shape index (κ1) is 14.5. The molecule has 2 aliphatic carbocycles. The van der Waals surface area contributed by atoms with E-state index in [1.165, 1.54) is 25.7 Å². The van der Waals surface area contributed by atoms with E-state index in [1.54, 1.807) is 0 Å². The first-order valence-corrected chi connectivity index (χ1v) is 8.51. The van der Waals surface area contributed by atoms with Crippen LogP contribution in [0.25, 0.3) is 0 Å². The summed E-state index contributed by atoms with van der Waals surface area (Å²) in [6, 6.07) is 0. The number of rotatable bonds is 5. The maximum absolute atomic E-state index is 12.0. The van der Waals surface area contributed by atoms with Crippen LogP contribution in [0.4, 0.5) is 0 Å². The molecule has 20 heavy (non-hydrogen) atoms. The molecule has 3 heteroatoms. The van der Waals surface area contributed by atoms with Gasteiger partial charge in [-0.3, -0.25) is 4.79 Å². The van der Waals surface area contributed by atoms with Gasteiger partial charge in [-0.25, -0.2) is 0 Å². The lowest BCUT2D eigenvalue weighted by molar-refractivity contribution is -0.126. The van der Waals surface area contributed by atoms with Crippen molar-refractivity contribution in [3.63, 3.8) is 0 Å². The molecule has 2 saturated carbocycles. The Morgan fingerprint density at radius 3 is 2.80 bits per heavy atom. The molecule has 0 amide bonds. The van der Waals surface area contributed by atoms with Gasteiger partial charge in [-0.05, 0) is 56.3 Å². The van der Waals surface area contributed by atoms with Gasteiger partial charge in [0.15, 0.2) is 6.29 Å². The molecule has 1 aliphatic heterocycles. The summed E-state index contributed by atoms with van der Waals surface area (Å²) < 4.78 is 11.0. The molecule has 0 aromatic carbocycles. The third-order valence-corrected chi connectivity index (χ3v) is 5.77. The van der Waals surface area contributed by atoms with Crippen LogP contribution in [-0.2, 0) is 14.3 Å². The maximum Gasteiger partial charge on any atom is 0.157 e. The quantitative estimate of drug-likeness (QED) is 0.772. The molecule has 1 saturated heterocycles. The molecular weight excluding hydrogens is 252 g/mol. The van der Waals surface area contributed by atoms with Crippen molar-refractivity contribution < 1.29 is 14.3 Å². The smallest absolute Gasteiger partial charge is 0.157 e. The highest BCUT2D eigenvalue weighted by Crippen LogP contribution is 2.48. The fourth-order valence-corrected chi connectivity index (χ4v) is 4.71. The van der Waals surface area contributed by atoms with Gasteiger partial charge in [0.05, 0.1) is 13.2 Å². The minimum atomic E-state index is 0.0507. The Morgan fingerprint density at radius 2 is 2.00 bits per heavy atom. The van der Waals surface area contributed by atoms with E-state index in [1.807, 2.05) is 0 Å². The highest BCUT2D eigenvalue weighted by molar-refractivity contribution is 5.82. The van der Waals surface area contributed by atoms with E-state index in [-0.39, 0.29) is 6.29 Å². The normalized spacial score (nSPS) is 36.2. The lowest BCUT2D eigenvalue weighted by Gasteiger charge is -2.31. The van der Waals surface area contributed by atoms with Crippen LogP contribution in [0.2, 0.25) is 0 Å². The van der Waals surface area contributed by atoms with Crippen molar-refractivity contribution in [2.24, 2.45) is 23.7 Å². The Hall–Kier alpha value is -0.410. The SMILES string of the molecule is C[C@H](CCCC1OCCO1)[C@H]1CC[C@@H]2C(=O)CCC[C@H]12. The number of carbonyl (C=O) groups excluding carboxylic acids is 1. The second kappa shape index (κ2) is 6.57. The Morgan fingerprint density at radius 1 is 1.20 bits per heavy atom. The Bertz CT molecular complexity index is 335. The summed E-state index contributed by atoms with van der Waals surface area (Å²) in [7, 11) is 0. The van der Waals surface area contributed by atoms with Gasteiger partial charge in [-0.1, -0.05) is 13.3 Å². The molecule has 0 aromatic rings. The van der Waals surface area contributed by atoms with E-state index >= 15 is 0 Å². The van der Waals surface area contributed by atoms with Gasteiger partial charge in [0.1, 0.15) is 5.78 Å². The first-order valence-electron chi connectivity index (χ1n) is 8.51. The van der Waals surface area contributed by atoms with Crippen LogP contribution in [0.3, 0.4) is 0 Å². The molecule has 0 aromatic heterocycles. The van der Waals surface area contributed by atoms with Crippen LogP contribution in [0, 0.1) is 23.7 Å². The van der Waals surface area contributed by atoms with Crippen molar-refractivity contribution in [1.82, 2.24) is 0 Å². The molecule has 0 radical (unpaired) electrons. The fourth-order valence-electron chi connectivity index (χ4n) is 4.71. The largest absolute Gasteiger partial charge is 0.350 e. The molecule has 0 unspecified atom stereocenters. The topological polar surface area (TPSA) is 35.5 Å². The second-order valence-electron chi connectivity index (χ2n) is 6.95. The highest BCUT2D eigenvalue weighted by atomic mass is 16.7. The minimum Gasteiger partial charge on any atom is -0.350 e. The van der Waals surface area contributed by atoms with Gasteiger partial charge in [0.2, 0.25) is 0 Å². The van der Waals surface area contributed by atoms with Crippen molar-refractivity contribution in [1.29, 1.82) is 0 Å². The molecule has 3 fully saturated rings. The first-order chi connectivity index (χ1) is 9.75. The van der Waals surface area contributed by atoms with Crippen molar-refractivity contribution in [2.75, 3.05) is 13.2 Å². The van der Waals surface area contributed by atoms with Gasteiger partial charge >= 0.3 is 0 Å². The molecule has 3 nitrogen and oxygen atoms in total. The third-order valence-electron chi connectivity index (χ3n) is 5.77. The minimum absolute atomic E-state index is 0.0507.